The Morgan fingerprint density at radius 2 is 2.18 bits per heavy atom. The minimum absolute atomic E-state index is 0.0541. The number of carbonyl (C=O) groups excluding carboxylic acids is 1. The highest BCUT2D eigenvalue weighted by molar-refractivity contribution is 7.98. The molecule has 0 spiro atoms. The maximum Gasteiger partial charge on any atom is 0.255 e. The second-order valence-electron chi connectivity index (χ2n) is 5.40. The van der Waals surface area contributed by atoms with E-state index in [9.17, 15) is 13.2 Å². The van der Waals surface area contributed by atoms with Gasteiger partial charge >= 0.3 is 0 Å². The first-order chi connectivity index (χ1) is 10.4. The fraction of sp³-hybridized carbons (Fsp3) is 0.533. The van der Waals surface area contributed by atoms with Crippen LogP contribution in [0.2, 0.25) is 5.02 Å². The van der Waals surface area contributed by atoms with Gasteiger partial charge in [0.05, 0.1) is 22.1 Å². The topological polar surface area (TPSA) is 54.5 Å². The molecule has 4 nitrogen and oxygen atoms in total. The van der Waals surface area contributed by atoms with E-state index in [-0.39, 0.29) is 23.5 Å². The molecule has 0 aliphatic carbocycles. The van der Waals surface area contributed by atoms with Crippen molar-refractivity contribution in [3.05, 3.63) is 28.8 Å². The smallest absolute Gasteiger partial charge is 0.255 e. The summed E-state index contributed by atoms with van der Waals surface area (Å²) in [6.07, 6.45) is 3.22. The maximum absolute atomic E-state index is 12.9. The minimum atomic E-state index is -3.03. The molecule has 0 bridgehead atoms. The van der Waals surface area contributed by atoms with Crippen molar-refractivity contribution in [1.29, 1.82) is 0 Å². The van der Waals surface area contributed by atoms with Crippen LogP contribution in [0.15, 0.2) is 23.1 Å². The Bertz CT molecular complexity index is 661. The van der Waals surface area contributed by atoms with Crippen molar-refractivity contribution in [2.75, 3.05) is 24.3 Å². The molecular formula is C15H20ClNO3S2. The van der Waals surface area contributed by atoms with Crippen LogP contribution >= 0.6 is 23.4 Å². The molecule has 1 unspecified atom stereocenters. The lowest BCUT2D eigenvalue weighted by Crippen LogP contribution is -2.41. The lowest BCUT2D eigenvalue weighted by atomic mass is 10.1. The monoisotopic (exact) mass is 361 g/mol. The van der Waals surface area contributed by atoms with E-state index in [0.717, 1.165) is 11.3 Å². The summed E-state index contributed by atoms with van der Waals surface area (Å²) < 4.78 is 23.4. The molecule has 0 saturated carbocycles. The van der Waals surface area contributed by atoms with Crippen LogP contribution in [0.25, 0.3) is 0 Å². The summed E-state index contributed by atoms with van der Waals surface area (Å²) >= 11 is 7.72. The van der Waals surface area contributed by atoms with Gasteiger partial charge in [-0.1, -0.05) is 18.5 Å². The van der Waals surface area contributed by atoms with Crippen LogP contribution < -0.4 is 0 Å². The van der Waals surface area contributed by atoms with Gasteiger partial charge in [0, 0.05) is 17.5 Å². The fourth-order valence-corrected chi connectivity index (χ4v) is 5.03. The molecule has 1 aromatic carbocycles. The second kappa shape index (κ2) is 7.23. The molecule has 1 aliphatic rings. The van der Waals surface area contributed by atoms with Gasteiger partial charge in [-0.25, -0.2) is 8.42 Å². The minimum Gasteiger partial charge on any atom is -0.335 e. The van der Waals surface area contributed by atoms with Crippen molar-refractivity contribution in [2.24, 2.45) is 0 Å². The van der Waals surface area contributed by atoms with Crippen LogP contribution in [0.1, 0.15) is 30.1 Å². The normalized spacial score (nSPS) is 20.0. The molecule has 1 aromatic rings. The van der Waals surface area contributed by atoms with Crippen molar-refractivity contribution >= 4 is 39.1 Å². The molecule has 122 valence electrons. The first-order valence-corrected chi connectivity index (χ1v) is 10.6. The average molecular weight is 362 g/mol. The van der Waals surface area contributed by atoms with Gasteiger partial charge in [-0.05, 0) is 37.3 Å². The summed E-state index contributed by atoms with van der Waals surface area (Å²) in [6, 6.07) is 5.12. The highest BCUT2D eigenvalue weighted by atomic mass is 35.5. The van der Waals surface area contributed by atoms with Gasteiger partial charge in [0.15, 0.2) is 9.84 Å². The lowest BCUT2D eigenvalue weighted by molar-refractivity contribution is 0.0697. The van der Waals surface area contributed by atoms with E-state index in [2.05, 4.69) is 0 Å². The van der Waals surface area contributed by atoms with Crippen molar-refractivity contribution in [3.63, 3.8) is 0 Å². The first kappa shape index (κ1) is 17.6. The molecule has 1 atom stereocenters. The molecule has 2 rings (SSSR count). The third kappa shape index (κ3) is 3.97. The zero-order valence-corrected chi connectivity index (χ0v) is 15.1. The van der Waals surface area contributed by atoms with Crippen LogP contribution in [-0.4, -0.2) is 49.6 Å². The van der Waals surface area contributed by atoms with Crippen molar-refractivity contribution < 1.29 is 13.2 Å². The third-order valence-corrected chi connectivity index (χ3v) is 6.58. The molecule has 1 aliphatic heterocycles. The van der Waals surface area contributed by atoms with Crippen LogP contribution in [-0.2, 0) is 9.84 Å². The number of nitrogens with zero attached hydrogens (tertiary/aromatic N) is 1. The largest absolute Gasteiger partial charge is 0.335 e. The molecular weight excluding hydrogens is 342 g/mol. The van der Waals surface area contributed by atoms with E-state index in [1.165, 1.54) is 0 Å². The Balaban J connectivity index is 2.30. The molecule has 0 N–H and O–H groups in total. The SMILES string of the molecule is CCCN(C(=O)c1cc(SC)ccc1Cl)C1CCS(=O)(=O)C1. The summed E-state index contributed by atoms with van der Waals surface area (Å²) in [5, 5.41) is 0.407. The number of carbonyl (C=O) groups is 1. The highest BCUT2D eigenvalue weighted by Gasteiger charge is 2.35. The quantitative estimate of drug-likeness (QED) is 0.756. The number of halogens is 1. The Hall–Kier alpha value is -0.720. The highest BCUT2D eigenvalue weighted by Crippen LogP contribution is 2.27. The third-order valence-electron chi connectivity index (χ3n) is 3.78. The zero-order valence-electron chi connectivity index (χ0n) is 12.7. The van der Waals surface area contributed by atoms with Crippen LogP contribution in [0.5, 0.6) is 0 Å². The van der Waals surface area contributed by atoms with Gasteiger partial charge in [-0.2, -0.15) is 0 Å². The van der Waals surface area contributed by atoms with Crippen LogP contribution in [0, 0.1) is 0 Å². The summed E-state index contributed by atoms with van der Waals surface area (Å²) in [6.45, 7) is 2.52. The predicted molar refractivity (Wildman–Crippen MR) is 91.6 cm³/mol. The molecule has 7 heteroatoms. The van der Waals surface area contributed by atoms with E-state index >= 15 is 0 Å². The average Bonchev–Trinajstić information content (AvgIpc) is 2.84. The van der Waals surface area contributed by atoms with Gasteiger partial charge < -0.3 is 4.90 Å². The van der Waals surface area contributed by atoms with Gasteiger partial charge in [0.25, 0.3) is 5.91 Å². The summed E-state index contributed by atoms with van der Waals surface area (Å²) in [7, 11) is -3.03. The van der Waals surface area contributed by atoms with Gasteiger partial charge in [0.1, 0.15) is 0 Å². The van der Waals surface area contributed by atoms with E-state index in [1.807, 2.05) is 19.2 Å². The number of thioether (sulfide) groups is 1. The molecule has 1 heterocycles. The van der Waals surface area contributed by atoms with Crippen molar-refractivity contribution in [1.82, 2.24) is 4.90 Å². The number of hydrogen-bond acceptors (Lipinski definition) is 4. The van der Waals surface area contributed by atoms with Crippen LogP contribution in [0.3, 0.4) is 0 Å². The lowest BCUT2D eigenvalue weighted by Gasteiger charge is -2.28. The van der Waals surface area contributed by atoms with Gasteiger partial charge in [0.2, 0.25) is 0 Å². The molecule has 0 radical (unpaired) electrons. The number of sulfone groups is 1. The standard InChI is InChI=1S/C15H20ClNO3S2/c1-3-7-17(11-6-8-22(19,20)10-11)15(18)13-9-12(21-2)4-5-14(13)16/h4-5,9,11H,3,6-8,10H2,1-2H3. The molecule has 1 saturated heterocycles. The fourth-order valence-electron chi connectivity index (χ4n) is 2.66. The Morgan fingerprint density at radius 3 is 2.73 bits per heavy atom. The maximum atomic E-state index is 12.9. The Labute approximate surface area is 141 Å². The number of hydrogen-bond donors (Lipinski definition) is 0. The van der Waals surface area contributed by atoms with Gasteiger partial charge in [-0.15, -0.1) is 11.8 Å². The van der Waals surface area contributed by atoms with E-state index < -0.39 is 9.84 Å². The molecule has 22 heavy (non-hydrogen) atoms. The zero-order chi connectivity index (χ0) is 16.3. The second-order valence-corrected chi connectivity index (χ2v) is 8.92. The Kier molecular flexibility index (Phi) is 5.80. The van der Waals surface area contributed by atoms with E-state index in [4.69, 9.17) is 11.6 Å². The molecule has 1 amide bonds. The summed E-state index contributed by atoms with van der Waals surface area (Å²) in [5.41, 5.74) is 0.450. The van der Waals surface area contributed by atoms with Crippen molar-refractivity contribution in [2.45, 2.75) is 30.7 Å². The van der Waals surface area contributed by atoms with E-state index in [0.29, 0.717) is 23.6 Å². The summed E-state index contributed by atoms with van der Waals surface area (Å²) in [4.78, 5) is 15.5. The first-order valence-electron chi connectivity index (χ1n) is 7.23. The Morgan fingerprint density at radius 1 is 1.45 bits per heavy atom. The van der Waals surface area contributed by atoms with Gasteiger partial charge in [-0.3, -0.25) is 4.79 Å². The molecule has 1 fully saturated rings. The van der Waals surface area contributed by atoms with Crippen molar-refractivity contribution in [3.8, 4) is 0 Å². The number of amides is 1. The predicted octanol–water partition coefficient (Wildman–Crippen LogP) is 3.10. The molecule has 0 aromatic heterocycles. The number of benzene rings is 1. The van der Waals surface area contributed by atoms with E-state index in [1.54, 1.807) is 28.8 Å². The summed E-state index contributed by atoms with van der Waals surface area (Å²) in [5.74, 6) is 0.0346. The van der Waals surface area contributed by atoms with Crippen LogP contribution in [0.4, 0.5) is 0 Å². The number of rotatable bonds is 5.